The van der Waals surface area contributed by atoms with Gasteiger partial charge < -0.3 is 15.8 Å². The van der Waals surface area contributed by atoms with E-state index in [0.29, 0.717) is 0 Å². The van der Waals surface area contributed by atoms with Gasteiger partial charge >= 0.3 is 5.97 Å². The van der Waals surface area contributed by atoms with Gasteiger partial charge in [0.1, 0.15) is 5.82 Å². The number of nitrogens with one attached hydrogen (secondary N) is 1. The van der Waals surface area contributed by atoms with E-state index in [1.54, 1.807) is 25.1 Å². The molecule has 0 aliphatic heterocycles. The van der Waals surface area contributed by atoms with Crippen LogP contribution in [-0.2, 0) is 4.74 Å². The number of pyridine rings is 1. The van der Waals surface area contributed by atoms with E-state index < -0.39 is 11.8 Å². The molecule has 1 aromatic heterocycles. The summed E-state index contributed by atoms with van der Waals surface area (Å²) < 4.78 is 18.5. The summed E-state index contributed by atoms with van der Waals surface area (Å²) in [4.78, 5) is 15.7. The average Bonchev–Trinajstić information content (AvgIpc) is 2.43. The molecule has 1 aromatic carbocycles. The predicted molar refractivity (Wildman–Crippen MR) is 74.3 cm³/mol. The number of halogens is 1. The summed E-state index contributed by atoms with van der Waals surface area (Å²) in [6.45, 7) is 1.95. The fraction of sp³-hybridized carbons (Fsp3) is 0.143. The quantitative estimate of drug-likeness (QED) is 0.839. The molecular formula is C14H14FN3O2. The largest absolute Gasteiger partial charge is 0.462 e. The van der Waals surface area contributed by atoms with Crippen LogP contribution in [0, 0.1) is 5.82 Å². The molecule has 0 atom stereocenters. The average molecular weight is 275 g/mol. The molecule has 20 heavy (non-hydrogen) atoms. The predicted octanol–water partition coefficient (Wildman–Crippen LogP) is 2.72. The molecule has 104 valence electrons. The Bertz CT molecular complexity index is 632. The van der Waals surface area contributed by atoms with Gasteiger partial charge in [0.15, 0.2) is 5.82 Å². The minimum Gasteiger partial charge on any atom is -0.462 e. The Morgan fingerprint density at radius 3 is 2.85 bits per heavy atom. The van der Waals surface area contributed by atoms with Crippen LogP contribution in [0.5, 0.6) is 0 Å². The fourth-order valence-electron chi connectivity index (χ4n) is 1.65. The highest BCUT2D eigenvalue weighted by Crippen LogP contribution is 2.25. The highest BCUT2D eigenvalue weighted by molar-refractivity contribution is 5.98. The molecule has 3 N–H and O–H groups in total. The van der Waals surface area contributed by atoms with E-state index in [2.05, 4.69) is 10.3 Å². The number of aromatic nitrogens is 1. The van der Waals surface area contributed by atoms with Crippen molar-refractivity contribution in [3.8, 4) is 0 Å². The number of nitrogens with two attached hydrogens (primary N) is 1. The second-order valence-electron chi connectivity index (χ2n) is 3.95. The molecule has 0 fully saturated rings. The minimum atomic E-state index is -0.538. The first-order valence-electron chi connectivity index (χ1n) is 6.06. The number of nitrogens with zero attached hydrogens (tertiary/aromatic N) is 1. The summed E-state index contributed by atoms with van der Waals surface area (Å²) >= 11 is 0. The maximum atomic E-state index is 13.6. The van der Waals surface area contributed by atoms with Crippen LogP contribution in [0.1, 0.15) is 17.3 Å². The number of ether oxygens (including phenoxy) is 1. The maximum Gasteiger partial charge on any atom is 0.340 e. The SMILES string of the molecule is CCOC(=O)c1ccnc(Nc2ccccc2F)c1N. The van der Waals surface area contributed by atoms with Crippen molar-refractivity contribution >= 4 is 23.2 Å². The number of nitrogen functional groups attached to an aromatic ring is 1. The summed E-state index contributed by atoms with van der Waals surface area (Å²) in [5.74, 6) is -0.764. The molecule has 0 amide bonds. The second kappa shape index (κ2) is 6.01. The third-order valence-electron chi connectivity index (χ3n) is 2.61. The maximum absolute atomic E-state index is 13.6. The Hall–Kier alpha value is -2.63. The molecule has 0 bridgehead atoms. The number of benzene rings is 1. The number of carbonyl (C=O) groups excluding carboxylic acids is 1. The van der Waals surface area contributed by atoms with Crippen molar-refractivity contribution in [2.24, 2.45) is 0 Å². The second-order valence-corrected chi connectivity index (χ2v) is 3.95. The van der Waals surface area contributed by atoms with Gasteiger partial charge in [0.2, 0.25) is 0 Å². The van der Waals surface area contributed by atoms with Crippen molar-refractivity contribution < 1.29 is 13.9 Å². The fourth-order valence-corrected chi connectivity index (χ4v) is 1.65. The van der Waals surface area contributed by atoms with E-state index in [9.17, 15) is 9.18 Å². The van der Waals surface area contributed by atoms with Gasteiger partial charge in [-0.2, -0.15) is 0 Å². The normalized spacial score (nSPS) is 10.1. The summed E-state index contributed by atoms with van der Waals surface area (Å²) in [7, 11) is 0. The molecule has 6 heteroatoms. The number of esters is 1. The lowest BCUT2D eigenvalue weighted by molar-refractivity contribution is 0.0527. The van der Waals surface area contributed by atoms with Gasteiger partial charge in [-0.05, 0) is 25.1 Å². The zero-order chi connectivity index (χ0) is 14.5. The molecule has 0 spiro atoms. The van der Waals surface area contributed by atoms with E-state index >= 15 is 0 Å². The van der Waals surface area contributed by atoms with Gasteiger partial charge in [-0.15, -0.1) is 0 Å². The number of carbonyl (C=O) groups is 1. The van der Waals surface area contributed by atoms with Gasteiger partial charge in [0, 0.05) is 6.20 Å². The van der Waals surface area contributed by atoms with Gasteiger partial charge in [-0.25, -0.2) is 14.2 Å². The van der Waals surface area contributed by atoms with E-state index in [-0.39, 0.29) is 29.4 Å². The number of rotatable bonds is 4. The van der Waals surface area contributed by atoms with Crippen molar-refractivity contribution in [3.05, 3.63) is 47.9 Å². The minimum absolute atomic E-state index is 0.120. The third-order valence-corrected chi connectivity index (χ3v) is 2.61. The van der Waals surface area contributed by atoms with Gasteiger partial charge in [-0.1, -0.05) is 12.1 Å². The Morgan fingerprint density at radius 1 is 1.40 bits per heavy atom. The monoisotopic (exact) mass is 275 g/mol. The molecule has 0 unspecified atom stereocenters. The van der Waals surface area contributed by atoms with Crippen LogP contribution in [0.2, 0.25) is 0 Å². The molecule has 1 heterocycles. The zero-order valence-corrected chi connectivity index (χ0v) is 10.9. The molecule has 0 saturated carbocycles. The van der Waals surface area contributed by atoms with Crippen LogP contribution < -0.4 is 11.1 Å². The lowest BCUT2D eigenvalue weighted by Gasteiger charge is -2.11. The molecule has 2 aromatic rings. The third kappa shape index (κ3) is 2.85. The van der Waals surface area contributed by atoms with Crippen LogP contribution in [-0.4, -0.2) is 17.6 Å². The molecule has 0 saturated heterocycles. The molecule has 0 aliphatic rings. The highest BCUT2D eigenvalue weighted by Gasteiger charge is 2.15. The topological polar surface area (TPSA) is 77.2 Å². The summed E-state index contributed by atoms with van der Waals surface area (Å²) in [5.41, 5.74) is 6.41. The van der Waals surface area contributed by atoms with E-state index in [0.717, 1.165) is 0 Å². The van der Waals surface area contributed by atoms with Crippen molar-refractivity contribution in [1.82, 2.24) is 4.98 Å². The van der Waals surface area contributed by atoms with E-state index in [1.165, 1.54) is 18.3 Å². The van der Waals surface area contributed by atoms with Crippen molar-refractivity contribution in [2.45, 2.75) is 6.92 Å². The first kappa shape index (κ1) is 13.8. The van der Waals surface area contributed by atoms with Crippen LogP contribution in [0.15, 0.2) is 36.5 Å². The lowest BCUT2D eigenvalue weighted by atomic mass is 10.2. The smallest absolute Gasteiger partial charge is 0.340 e. The zero-order valence-electron chi connectivity index (χ0n) is 10.9. The first-order valence-corrected chi connectivity index (χ1v) is 6.06. The van der Waals surface area contributed by atoms with Gasteiger partial charge in [0.25, 0.3) is 0 Å². The van der Waals surface area contributed by atoms with Crippen molar-refractivity contribution in [3.63, 3.8) is 0 Å². The van der Waals surface area contributed by atoms with Crippen LogP contribution in [0.3, 0.4) is 0 Å². The molecule has 2 rings (SSSR count). The number of para-hydroxylation sites is 1. The van der Waals surface area contributed by atoms with Crippen molar-refractivity contribution in [1.29, 1.82) is 0 Å². The van der Waals surface area contributed by atoms with Crippen LogP contribution in [0.25, 0.3) is 0 Å². The summed E-state index contributed by atoms with van der Waals surface area (Å²) in [5, 5.41) is 2.76. The molecular weight excluding hydrogens is 261 g/mol. The van der Waals surface area contributed by atoms with Gasteiger partial charge in [0.05, 0.1) is 23.5 Å². The number of hydrogen-bond acceptors (Lipinski definition) is 5. The molecule has 0 radical (unpaired) electrons. The molecule has 0 aliphatic carbocycles. The lowest BCUT2D eigenvalue weighted by Crippen LogP contribution is -2.10. The first-order chi connectivity index (χ1) is 9.63. The number of hydrogen-bond donors (Lipinski definition) is 2. The Kier molecular flexibility index (Phi) is 4.14. The standard InChI is InChI=1S/C14H14FN3O2/c1-2-20-14(19)9-7-8-17-13(12(9)16)18-11-6-4-3-5-10(11)15/h3-8H,2,16H2,1H3,(H,17,18). The Morgan fingerprint density at radius 2 is 2.15 bits per heavy atom. The van der Waals surface area contributed by atoms with Crippen LogP contribution in [0.4, 0.5) is 21.6 Å². The Balaban J connectivity index is 2.32. The van der Waals surface area contributed by atoms with E-state index in [4.69, 9.17) is 10.5 Å². The molecule has 5 nitrogen and oxygen atoms in total. The Labute approximate surface area is 115 Å². The summed E-state index contributed by atoms with van der Waals surface area (Å²) in [6.07, 6.45) is 1.41. The van der Waals surface area contributed by atoms with Gasteiger partial charge in [-0.3, -0.25) is 0 Å². The summed E-state index contributed by atoms with van der Waals surface area (Å²) in [6, 6.07) is 7.57. The van der Waals surface area contributed by atoms with Crippen molar-refractivity contribution in [2.75, 3.05) is 17.7 Å². The number of anilines is 3. The highest BCUT2D eigenvalue weighted by atomic mass is 19.1. The van der Waals surface area contributed by atoms with Crippen LogP contribution >= 0.6 is 0 Å². The van der Waals surface area contributed by atoms with E-state index in [1.807, 2.05) is 0 Å².